The number of halogens is 3. The molecular formula is C12H11F3N2O2. The predicted octanol–water partition coefficient (Wildman–Crippen LogP) is 2.03. The van der Waals surface area contributed by atoms with Crippen molar-refractivity contribution in [3.63, 3.8) is 0 Å². The third-order valence-corrected chi connectivity index (χ3v) is 2.10. The summed E-state index contributed by atoms with van der Waals surface area (Å²) in [4.78, 5) is 13.7. The normalized spacial score (nSPS) is 12.3. The lowest BCUT2D eigenvalue weighted by molar-refractivity contribution is -0.174. The number of rotatable bonds is 5. The molecule has 102 valence electrons. The van der Waals surface area contributed by atoms with Gasteiger partial charge in [0.15, 0.2) is 0 Å². The highest BCUT2D eigenvalue weighted by Gasteiger charge is 2.40. The van der Waals surface area contributed by atoms with Crippen LogP contribution in [-0.2, 0) is 4.79 Å². The molecule has 0 saturated carbocycles. The molecule has 0 saturated heterocycles. The first-order valence-electron chi connectivity index (χ1n) is 5.32. The van der Waals surface area contributed by atoms with Gasteiger partial charge in [-0.1, -0.05) is 18.2 Å². The summed E-state index contributed by atoms with van der Waals surface area (Å²) in [5.41, 5.74) is 0. The molecule has 0 bridgehead atoms. The Kier molecular flexibility index (Phi) is 5.18. The lowest BCUT2D eigenvalue weighted by atomic mass is 10.3. The second-order valence-electron chi connectivity index (χ2n) is 3.63. The minimum atomic E-state index is -4.97. The molecule has 0 fully saturated rings. The second kappa shape index (κ2) is 6.64. The average molecular weight is 272 g/mol. The Balaban J connectivity index is 2.54. The standard InChI is InChI=1S/C12H11F3N2O2/c1-16-7-9(17-11(18)12(13,14)15)8-19-10-5-3-2-4-6-10/h2-6,9H,7-8H2,(H,17,18). The first kappa shape index (κ1) is 14.8. The Bertz CT molecular complexity index is 454. The number of alkyl halides is 3. The number of nitrogens with one attached hydrogen (secondary N) is 1. The maximum Gasteiger partial charge on any atom is 0.471 e. The molecule has 1 unspecified atom stereocenters. The van der Waals surface area contributed by atoms with Crippen molar-refractivity contribution in [1.29, 1.82) is 0 Å². The number of para-hydroxylation sites is 1. The summed E-state index contributed by atoms with van der Waals surface area (Å²) in [6, 6.07) is 7.41. The molecule has 0 aliphatic carbocycles. The number of carbonyl (C=O) groups excluding carboxylic acids is 1. The monoisotopic (exact) mass is 272 g/mol. The van der Waals surface area contributed by atoms with E-state index < -0.39 is 18.1 Å². The maximum atomic E-state index is 12.1. The minimum absolute atomic E-state index is 0.200. The van der Waals surface area contributed by atoms with Crippen LogP contribution >= 0.6 is 0 Å². The number of hydrogen-bond donors (Lipinski definition) is 1. The van der Waals surface area contributed by atoms with Crippen molar-refractivity contribution in [1.82, 2.24) is 5.32 Å². The lowest BCUT2D eigenvalue weighted by Gasteiger charge is -2.15. The zero-order chi connectivity index (χ0) is 14.3. The van der Waals surface area contributed by atoms with Gasteiger partial charge in [0.25, 0.3) is 0 Å². The highest BCUT2D eigenvalue weighted by Crippen LogP contribution is 2.15. The van der Waals surface area contributed by atoms with Crippen LogP contribution in [-0.4, -0.2) is 31.3 Å². The van der Waals surface area contributed by atoms with E-state index in [2.05, 4.69) is 4.85 Å². The summed E-state index contributed by atoms with van der Waals surface area (Å²) in [5, 5.41) is 1.73. The Hall–Kier alpha value is -2.23. The SMILES string of the molecule is [C-]#[N+]CC(COc1ccccc1)NC(=O)C(F)(F)F. The van der Waals surface area contributed by atoms with Crippen molar-refractivity contribution in [2.45, 2.75) is 12.2 Å². The molecule has 0 aliphatic heterocycles. The molecule has 0 radical (unpaired) electrons. The summed E-state index contributed by atoms with van der Waals surface area (Å²) in [7, 11) is 0. The first-order valence-corrected chi connectivity index (χ1v) is 5.32. The molecule has 1 N–H and O–H groups in total. The van der Waals surface area contributed by atoms with Crippen LogP contribution < -0.4 is 10.1 Å². The van der Waals surface area contributed by atoms with E-state index >= 15 is 0 Å². The topological polar surface area (TPSA) is 42.7 Å². The summed E-state index contributed by atoms with van der Waals surface area (Å²) < 4.78 is 41.5. The van der Waals surface area contributed by atoms with Crippen LogP contribution in [0.2, 0.25) is 0 Å². The smallest absolute Gasteiger partial charge is 0.471 e. The van der Waals surface area contributed by atoms with Crippen LogP contribution in [0, 0.1) is 6.57 Å². The summed E-state index contributed by atoms with van der Waals surface area (Å²) in [6.07, 6.45) is -4.97. The van der Waals surface area contributed by atoms with Crippen LogP contribution in [0.25, 0.3) is 4.85 Å². The Morgan fingerprint density at radius 2 is 2.00 bits per heavy atom. The Morgan fingerprint density at radius 1 is 1.37 bits per heavy atom. The number of nitrogens with zero attached hydrogens (tertiary/aromatic N) is 1. The zero-order valence-corrected chi connectivity index (χ0v) is 9.78. The van der Waals surface area contributed by atoms with Gasteiger partial charge in [-0.05, 0) is 12.1 Å². The number of hydrogen-bond acceptors (Lipinski definition) is 2. The van der Waals surface area contributed by atoms with E-state index in [9.17, 15) is 18.0 Å². The van der Waals surface area contributed by atoms with Crippen LogP contribution in [0.4, 0.5) is 13.2 Å². The van der Waals surface area contributed by atoms with Crippen LogP contribution in [0.1, 0.15) is 0 Å². The van der Waals surface area contributed by atoms with Gasteiger partial charge in [-0.3, -0.25) is 4.79 Å². The quantitative estimate of drug-likeness (QED) is 0.833. The van der Waals surface area contributed by atoms with Gasteiger partial charge < -0.3 is 14.9 Å². The average Bonchev–Trinajstić information content (AvgIpc) is 2.36. The van der Waals surface area contributed by atoms with Crippen molar-refractivity contribution < 1.29 is 22.7 Å². The minimum Gasteiger partial charge on any atom is -0.491 e. The number of amides is 1. The van der Waals surface area contributed by atoms with E-state index in [1.807, 2.05) is 0 Å². The van der Waals surface area contributed by atoms with E-state index in [1.54, 1.807) is 35.6 Å². The summed E-state index contributed by atoms with van der Waals surface area (Å²) in [5.74, 6) is -1.61. The van der Waals surface area contributed by atoms with Crippen molar-refractivity contribution in [2.24, 2.45) is 0 Å². The van der Waals surface area contributed by atoms with Gasteiger partial charge in [-0.25, -0.2) is 6.57 Å². The second-order valence-corrected chi connectivity index (χ2v) is 3.63. The lowest BCUT2D eigenvalue weighted by Crippen LogP contribution is -2.47. The van der Waals surface area contributed by atoms with Gasteiger partial charge in [0, 0.05) is 0 Å². The van der Waals surface area contributed by atoms with Crippen molar-refractivity contribution >= 4 is 5.91 Å². The van der Waals surface area contributed by atoms with Crippen LogP contribution in [0.15, 0.2) is 30.3 Å². The van der Waals surface area contributed by atoms with E-state index in [-0.39, 0.29) is 13.2 Å². The van der Waals surface area contributed by atoms with Crippen molar-refractivity contribution in [2.75, 3.05) is 13.2 Å². The van der Waals surface area contributed by atoms with Crippen molar-refractivity contribution in [3.05, 3.63) is 41.7 Å². The number of carbonyl (C=O) groups is 1. The predicted molar refractivity (Wildman–Crippen MR) is 61.4 cm³/mol. The Labute approximate surface area is 108 Å². The van der Waals surface area contributed by atoms with Gasteiger partial charge in [0.2, 0.25) is 6.54 Å². The Morgan fingerprint density at radius 3 is 2.53 bits per heavy atom. The van der Waals surface area contributed by atoms with E-state index in [4.69, 9.17) is 11.3 Å². The fourth-order valence-corrected chi connectivity index (χ4v) is 1.23. The molecular weight excluding hydrogens is 261 g/mol. The number of ether oxygens (including phenoxy) is 1. The molecule has 1 aromatic rings. The maximum absolute atomic E-state index is 12.1. The summed E-state index contributed by atoms with van der Waals surface area (Å²) >= 11 is 0. The molecule has 19 heavy (non-hydrogen) atoms. The third kappa shape index (κ3) is 5.29. The third-order valence-electron chi connectivity index (χ3n) is 2.10. The van der Waals surface area contributed by atoms with E-state index in [0.29, 0.717) is 5.75 Å². The van der Waals surface area contributed by atoms with Crippen LogP contribution in [0.5, 0.6) is 5.75 Å². The molecule has 1 amide bonds. The molecule has 1 aromatic carbocycles. The molecule has 0 aliphatic rings. The van der Waals surface area contributed by atoms with Gasteiger partial charge in [0.1, 0.15) is 18.4 Å². The molecule has 0 aromatic heterocycles. The molecule has 7 heteroatoms. The molecule has 1 atom stereocenters. The van der Waals surface area contributed by atoms with E-state index in [0.717, 1.165) is 0 Å². The van der Waals surface area contributed by atoms with Crippen molar-refractivity contribution in [3.8, 4) is 5.75 Å². The molecule has 0 spiro atoms. The van der Waals surface area contributed by atoms with Gasteiger partial charge >= 0.3 is 12.1 Å². The fraction of sp³-hybridized carbons (Fsp3) is 0.333. The largest absolute Gasteiger partial charge is 0.491 e. The number of benzene rings is 1. The van der Waals surface area contributed by atoms with E-state index in [1.165, 1.54) is 0 Å². The van der Waals surface area contributed by atoms with Gasteiger partial charge in [-0.2, -0.15) is 13.2 Å². The highest BCUT2D eigenvalue weighted by atomic mass is 19.4. The van der Waals surface area contributed by atoms with Crippen LogP contribution in [0.3, 0.4) is 0 Å². The zero-order valence-electron chi connectivity index (χ0n) is 9.78. The highest BCUT2D eigenvalue weighted by molar-refractivity contribution is 5.82. The molecule has 4 nitrogen and oxygen atoms in total. The molecule has 0 heterocycles. The van der Waals surface area contributed by atoms with Gasteiger partial charge in [-0.15, -0.1) is 0 Å². The summed E-state index contributed by atoms with van der Waals surface area (Å²) in [6.45, 7) is 6.17. The first-order chi connectivity index (χ1) is 8.93. The van der Waals surface area contributed by atoms with Gasteiger partial charge in [0.05, 0.1) is 0 Å². The molecule has 1 rings (SSSR count). The fourth-order valence-electron chi connectivity index (χ4n) is 1.23.